The van der Waals surface area contributed by atoms with Crippen LogP contribution in [-0.4, -0.2) is 6.29 Å². The Hall–Kier alpha value is -1.25. The zero-order valence-corrected chi connectivity index (χ0v) is 8.23. The van der Waals surface area contributed by atoms with Crippen molar-refractivity contribution in [2.24, 2.45) is 0 Å². The minimum absolute atomic E-state index is 0.223. The minimum Gasteiger partial charge on any atom is -0.303 e. The smallest absolute Gasteiger partial charge is 0.129 e. The van der Waals surface area contributed by atoms with Gasteiger partial charge in [-0.15, -0.1) is 0 Å². The zero-order valence-electron chi connectivity index (χ0n) is 8.23. The Labute approximate surface area is 81.7 Å². The van der Waals surface area contributed by atoms with Crippen LogP contribution in [0.15, 0.2) is 6.07 Å². The van der Waals surface area contributed by atoms with E-state index in [4.69, 9.17) is 0 Å². The molecule has 0 aliphatic rings. The van der Waals surface area contributed by atoms with Gasteiger partial charge in [0.15, 0.2) is 0 Å². The standard InChI is InChI=1S/C11H12F2O/c1-7-6-10(12)8(2)9(11(7)13)4-3-5-14/h5-6H,3-4H2,1-2H3. The summed E-state index contributed by atoms with van der Waals surface area (Å²) in [7, 11) is 0. The Morgan fingerprint density at radius 2 is 2.00 bits per heavy atom. The van der Waals surface area contributed by atoms with E-state index in [1.807, 2.05) is 0 Å². The number of carbonyl (C=O) groups is 1. The first-order chi connectivity index (χ1) is 6.57. The number of carbonyl (C=O) groups excluding carboxylic acids is 1. The zero-order chi connectivity index (χ0) is 10.7. The van der Waals surface area contributed by atoms with Gasteiger partial charge in [0.05, 0.1) is 0 Å². The molecule has 0 amide bonds. The molecule has 0 saturated heterocycles. The molecule has 1 aromatic rings. The van der Waals surface area contributed by atoms with Gasteiger partial charge in [0.1, 0.15) is 17.9 Å². The predicted molar refractivity (Wildman–Crippen MR) is 50.2 cm³/mol. The number of benzene rings is 1. The predicted octanol–water partition coefficient (Wildman–Crippen LogP) is 2.71. The molecular formula is C11H12F2O. The lowest BCUT2D eigenvalue weighted by Gasteiger charge is -2.09. The molecule has 0 aliphatic heterocycles. The molecule has 0 radical (unpaired) electrons. The summed E-state index contributed by atoms with van der Waals surface area (Å²) in [5, 5.41) is 0. The highest BCUT2D eigenvalue weighted by molar-refractivity contribution is 5.50. The van der Waals surface area contributed by atoms with E-state index in [1.54, 1.807) is 0 Å². The molecular weight excluding hydrogens is 186 g/mol. The fraction of sp³-hybridized carbons (Fsp3) is 0.364. The largest absolute Gasteiger partial charge is 0.303 e. The molecule has 0 spiro atoms. The highest BCUT2D eigenvalue weighted by Crippen LogP contribution is 2.21. The summed E-state index contributed by atoms with van der Waals surface area (Å²) in [4.78, 5) is 10.2. The summed E-state index contributed by atoms with van der Waals surface area (Å²) in [6.07, 6.45) is 1.19. The Balaban J connectivity index is 3.17. The van der Waals surface area contributed by atoms with Crippen molar-refractivity contribution in [2.45, 2.75) is 26.7 Å². The second-order valence-electron chi connectivity index (χ2n) is 3.30. The molecule has 1 aromatic carbocycles. The summed E-state index contributed by atoms with van der Waals surface area (Å²) in [5.74, 6) is -0.810. The second kappa shape index (κ2) is 4.31. The second-order valence-corrected chi connectivity index (χ2v) is 3.30. The van der Waals surface area contributed by atoms with Gasteiger partial charge in [-0.25, -0.2) is 8.78 Å². The molecule has 0 fully saturated rings. The molecule has 14 heavy (non-hydrogen) atoms. The number of hydrogen-bond donors (Lipinski definition) is 0. The molecule has 0 N–H and O–H groups in total. The number of aldehydes is 1. The third-order valence-corrected chi connectivity index (χ3v) is 2.28. The van der Waals surface area contributed by atoms with Crippen LogP contribution in [-0.2, 0) is 11.2 Å². The maximum absolute atomic E-state index is 13.5. The molecule has 0 bridgehead atoms. The molecule has 3 heteroatoms. The molecule has 1 nitrogen and oxygen atoms in total. The van der Waals surface area contributed by atoms with E-state index in [1.165, 1.54) is 19.9 Å². The van der Waals surface area contributed by atoms with Gasteiger partial charge >= 0.3 is 0 Å². The molecule has 0 atom stereocenters. The first-order valence-corrected chi connectivity index (χ1v) is 4.45. The third-order valence-electron chi connectivity index (χ3n) is 2.28. The van der Waals surface area contributed by atoms with E-state index >= 15 is 0 Å². The molecule has 0 heterocycles. The monoisotopic (exact) mass is 198 g/mol. The van der Waals surface area contributed by atoms with Gasteiger partial charge in [-0.05, 0) is 43.0 Å². The van der Waals surface area contributed by atoms with Crippen molar-refractivity contribution < 1.29 is 13.6 Å². The summed E-state index contributed by atoms with van der Waals surface area (Å²) >= 11 is 0. The van der Waals surface area contributed by atoms with E-state index in [0.29, 0.717) is 17.4 Å². The average Bonchev–Trinajstić information content (AvgIpc) is 2.15. The summed E-state index contributed by atoms with van der Waals surface area (Å²) in [5.41, 5.74) is 0.901. The number of hydrogen-bond acceptors (Lipinski definition) is 1. The van der Waals surface area contributed by atoms with Crippen LogP contribution < -0.4 is 0 Å². The molecule has 1 rings (SSSR count). The van der Waals surface area contributed by atoms with E-state index in [0.717, 1.165) is 0 Å². The van der Waals surface area contributed by atoms with E-state index in [-0.39, 0.29) is 18.4 Å². The van der Waals surface area contributed by atoms with Gasteiger partial charge in [0, 0.05) is 6.42 Å². The fourth-order valence-electron chi connectivity index (χ4n) is 1.41. The minimum atomic E-state index is -0.412. The van der Waals surface area contributed by atoms with Crippen LogP contribution in [0.5, 0.6) is 0 Å². The van der Waals surface area contributed by atoms with Crippen molar-refractivity contribution in [3.8, 4) is 0 Å². The van der Waals surface area contributed by atoms with Crippen molar-refractivity contribution in [1.82, 2.24) is 0 Å². The maximum atomic E-state index is 13.5. The van der Waals surface area contributed by atoms with Gasteiger partial charge in [-0.1, -0.05) is 0 Å². The van der Waals surface area contributed by atoms with E-state index < -0.39 is 11.6 Å². The van der Waals surface area contributed by atoms with Crippen LogP contribution in [0.3, 0.4) is 0 Å². The molecule has 0 saturated carbocycles. The van der Waals surface area contributed by atoms with Crippen LogP contribution >= 0.6 is 0 Å². The third kappa shape index (κ3) is 1.97. The Kier molecular flexibility index (Phi) is 3.33. The molecule has 76 valence electrons. The van der Waals surface area contributed by atoms with Gasteiger partial charge in [-0.2, -0.15) is 0 Å². The topological polar surface area (TPSA) is 17.1 Å². The first kappa shape index (κ1) is 10.8. The van der Waals surface area contributed by atoms with Crippen LogP contribution in [0.4, 0.5) is 8.78 Å². The lowest BCUT2D eigenvalue weighted by atomic mass is 10.00. The van der Waals surface area contributed by atoms with Crippen LogP contribution in [0, 0.1) is 25.5 Å². The fourth-order valence-corrected chi connectivity index (χ4v) is 1.41. The van der Waals surface area contributed by atoms with Crippen molar-refractivity contribution >= 4 is 6.29 Å². The summed E-state index contributed by atoms with van der Waals surface area (Å²) < 4.78 is 26.7. The maximum Gasteiger partial charge on any atom is 0.129 e. The quantitative estimate of drug-likeness (QED) is 0.682. The summed E-state index contributed by atoms with van der Waals surface area (Å²) in [6, 6.07) is 1.18. The summed E-state index contributed by atoms with van der Waals surface area (Å²) in [6.45, 7) is 3.04. The number of aryl methyl sites for hydroxylation is 1. The van der Waals surface area contributed by atoms with Gasteiger partial charge in [-0.3, -0.25) is 0 Å². The highest BCUT2D eigenvalue weighted by atomic mass is 19.1. The molecule has 0 aliphatic carbocycles. The highest BCUT2D eigenvalue weighted by Gasteiger charge is 2.12. The van der Waals surface area contributed by atoms with Crippen molar-refractivity contribution in [3.05, 3.63) is 34.4 Å². The number of rotatable bonds is 3. The van der Waals surface area contributed by atoms with Crippen molar-refractivity contribution in [2.75, 3.05) is 0 Å². The first-order valence-electron chi connectivity index (χ1n) is 4.45. The molecule has 0 aromatic heterocycles. The lowest BCUT2D eigenvalue weighted by molar-refractivity contribution is -0.107. The van der Waals surface area contributed by atoms with Gasteiger partial charge in [0.25, 0.3) is 0 Å². The van der Waals surface area contributed by atoms with E-state index in [2.05, 4.69) is 0 Å². The van der Waals surface area contributed by atoms with E-state index in [9.17, 15) is 13.6 Å². The Bertz CT molecular complexity index is 333. The van der Waals surface area contributed by atoms with Crippen LogP contribution in [0.25, 0.3) is 0 Å². The van der Waals surface area contributed by atoms with Crippen molar-refractivity contribution in [1.29, 1.82) is 0 Å². The van der Waals surface area contributed by atoms with Crippen LogP contribution in [0.1, 0.15) is 23.1 Å². The average molecular weight is 198 g/mol. The number of halogens is 2. The van der Waals surface area contributed by atoms with Crippen molar-refractivity contribution in [3.63, 3.8) is 0 Å². The van der Waals surface area contributed by atoms with Gasteiger partial charge in [0.2, 0.25) is 0 Å². The lowest BCUT2D eigenvalue weighted by Crippen LogP contribution is -2.01. The molecule has 0 unspecified atom stereocenters. The van der Waals surface area contributed by atoms with Crippen LogP contribution in [0.2, 0.25) is 0 Å². The SMILES string of the molecule is Cc1cc(F)c(C)c(CCC=O)c1F. The van der Waals surface area contributed by atoms with Gasteiger partial charge < -0.3 is 4.79 Å². The normalized spacial score (nSPS) is 10.3. The Morgan fingerprint density at radius 1 is 1.36 bits per heavy atom. The Morgan fingerprint density at radius 3 is 2.57 bits per heavy atom.